The highest BCUT2D eigenvalue weighted by Gasteiger charge is 2.45. The van der Waals surface area contributed by atoms with Crippen LogP contribution in [-0.2, 0) is 25.7 Å². The molecule has 5 amide bonds. The van der Waals surface area contributed by atoms with Crippen LogP contribution in [-0.4, -0.2) is 114 Å². The fourth-order valence-electron chi connectivity index (χ4n) is 6.74. The number of ether oxygens (including phenoxy) is 4. The molecule has 6 rings (SSSR count). The van der Waals surface area contributed by atoms with Gasteiger partial charge in [-0.3, -0.25) is 38.2 Å². The summed E-state index contributed by atoms with van der Waals surface area (Å²) >= 11 is 0. The summed E-state index contributed by atoms with van der Waals surface area (Å²) in [6.07, 6.45) is 2.65. The van der Waals surface area contributed by atoms with Gasteiger partial charge in [-0.15, -0.1) is 10.2 Å². The third kappa shape index (κ3) is 8.33. The second kappa shape index (κ2) is 17.0. The number of aromatic nitrogens is 3. The summed E-state index contributed by atoms with van der Waals surface area (Å²) in [5.74, 6) is -0.00894. The van der Waals surface area contributed by atoms with E-state index in [4.69, 9.17) is 18.9 Å². The Hall–Kier alpha value is -6.33. The number of hydrogen-bond donors (Lipinski definition) is 3. The lowest BCUT2D eigenvalue weighted by Crippen LogP contribution is -2.51. The molecule has 1 atom stereocenters. The molecule has 3 N–H and O–H groups in total. The lowest BCUT2D eigenvalue weighted by Gasteiger charge is -2.29. The Morgan fingerprint density at radius 3 is 2.45 bits per heavy atom. The van der Waals surface area contributed by atoms with Crippen molar-refractivity contribution < 1.29 is 42.9 Å². The number of allylic oxidation sites excluding steroid dienone is 1. The van der Waals surface area contributed by atoms with E-state index < -0.39 is 23.8 Å². The Kier molecular flexibility index (Phi) is 11.9. The van der Waals surface area contributed by atoms with Gasteiger partial charge in [0.25, 0.3) is 11.8 Å². The van der Waals surface area contributed by atoms with Crippen LogP contribution in [0.15, 0.2) is 54.9 Å². The van der Waals surface area contributed by atoms with Crippen LogP contribution in [0.3, 0.4) is 0 Å². The molecule has 0 aliphatic carbocycles. The standard InChI is InChI=1S/C39H44N8O9/c1-22-10-11-30(37(50)41-22)47-38(51)27-8-7-9-31(35(27)39(47)52)56-15-14-55-13-12-40-34(49)21-45(4)20-28-32(53-5)17-25(18-33(28)54-6)26-16-29(42-24(3)48)36-44-43-23(2)46(36)19-26/h7-9,16-19,30H,1,10-15,20-21H2,2-6H3,(H,40,49)(H,41,50)(H,42,48). The molecule has 17 heteroatoms. The monoisotopic (exact) mass is 768 g/mol. The van der Waals surface area contributed by atoms with Crippen LogP contribution in [0, 0.1) is 6.92 Å². The predicted octanol–water partition coefficient (Wildman–Crippen LogP) is 2.71. The number of carbonyl (C=O) groups excluding carboxylic acids is 5. The molecular weight excluding hydrogens is 724 g/mol. The van der Waals surface area contributed by atoms with Crippen molar-refractivity contribution in [1.82, 2.24) is 35.0 Å². The molecule has 294 valence electrons. The highest BCUT2D eigenvalue weighted by atomic mass is 16.5. The van der Waals surface area contributed by atoms with Crippen molar-refractivity contribution in [1.29, 1.82) is 0 Å². The third-order valence-electron chi connectivity index (χ3n) is 9.36. The fraction of sp³-hybridized carbons (Fsp3) is 0.359. The van der Waals surface area contributed by atoms with Gasteiger partial charge in [0.15, 0.2) is 5.65 Å². The van der Waals surface area contributed by atoms with Crippen molar-refractivity contribution in [3.63, 3.8) is 0 Å². The van der Waals surface area contributed by atoms with Gasteiger partial charge in [0, 0.05) is 37.5 Å². The Morgan fingerprint density at radius 2 is 1.75 bits per heavy atom. The quantitative estimate of drug-likeness (QED) is 0.112. The zero-order chi connectivity index (χ0) is 40.1. The number of carbonyl (C=O) groups is 5. The fourth-order valence-corrected chi connectivity index (χ4v) is 6.74. The number of amides is 5. The van der Waals surface area contributed by atoms with Crippen LogP contribution >= 0.6 is 0 Å². The Bertz CT molecular complexity index is 2190. The molecule has 4 aromatic rings. The van der Waals surface area contributed by atoms with E-state index in [1.807, 2.05) is 43.3 Å². The maximum atomic E-state index is 13.3. The van der Waals surface area contributed by atoms with Gasteiger partial charge in [-0.1, -0.05) is 12.6 Å². The predicted molar refractivity (Wildman–Crippen MR) is 203 cm³/mol. The molecular formula is C39H44N8O9. The van der Waals surface area contributed by atoms with Crippen LogP contribution in [0.1, 0.15) is 51.9 Å². The Morgan fingerprint density at radius 1 is 1.00 bits per heavy atom. The number of aryl methyl sites for hydroxylation is 1. The van der Waals surface area contributed by atoms with Crippen LogP contribution in [0.25, 0.3) is 16.8 Å². The number of piperidine rings is 1. The minimum atomic E-state index is -0.915. The first-order valence-electron chi connectivity index (χ1n) is 17.9. The zero-order valence-electron chi connectivity index (χ0n) is 31.9. The Balaban J connectivity index is 0.979. The molecule has 0 radical (unpaired) electrons. The summed E-state index contributed by atoms with van der Waals surface area (Å²) in [5.41, 5.74) is 4.18. The first-order valence-corrected chi connectivity index (χ1v) is 17.9. The number of methoxy groups -OCH3 is 2. The molecule has 0 spiro atoms. The summed E-state index contributed by atoms with van der Waals surface area (Å²) in [7, 11) is 4.93. The molecule has 4 heterocycles. The van der Waals surface area contributed by atoms with Crippen molar-refractivity contribution >= 4 is 40.9 Å². The first kappa shape index (κ1) is 39.4. The van der Waals surface area contributed by atoms with Crippen molar-refractivity contribution in [2.75, 3.05) is 59.5 Å². The first-order chi connectivity index (χ1) is 26.9. The molecule has 56 heavy (non-hydrogen) atoms. The van der Waals surface area contributed by atoms with E-state index in [2.05, 4.69) is 32.7 Å². The molecule has 2 aromatic heterocycles. The van der Waals surface area contributed by atoms with Crippen molar-refractivity contribution in [2.45, 2.75) is 39.3 Å². The number of nitrogens with one attached hydrogen (secondary N) is 3. The molecule has 2 aromatic carbocycles. The van der Waals surface area contributed by atoms with Gasteiger partial charge in [-0.25, -0.2) is 0 Å². The number of anilines is 1. The number of fused-ring (bicyclic) bond motifs is 2. The number of imide groups is 1. The maximum Gasteiger partial charge on any atom is 0.266 e. The molecule has 1 fully saturated rings. The van der Waals surface area contributed by atoms with Crippen LogP contribution in [0.5, 0.6) is 17.2 Å². The smallest absolute Gasteiger partial charge is 0.266 e. The lowest BCUT2D eigenvalue weighted by molar-refractivity contribution is -0.125. The van der Waals surface area contributed by atoms with Crippen molar-refractivity contribution in [3.8, 4) is 28.4 Å². The highest BCUT2D eigenvalue weighted by Crippen LogP contribution is 2.38. The number of rotatable bonds is 16. The minimum Gasteiger partial charge on any atom is -0.496 e. The van der Waals surface area contributed by atoms with Gasteiger partial charge in [0.05, 0.1) is 56.4 Å². The second-order valence-corrected chi connectivity index (χ2v) is 13.4. The average Bonchev–Trinajstić information content (AvgIpc) is 3.66. The normalized spacial score (nSPS) is 15.2. The molecule has 0 bridgehead atoms. The lowest BCUT2D eigenvalue weighted by atomic mass is 10.0. The Labute approximate surface area is 322 Å². The van der Waals surface area contributed by atoms with E-state index in [9.17, 15) is 24.0 Å². The highest BCUT2D eigenvalue weighted by molar-refractivity contribution is 6.24. The number of nitrogens with zero attached hydrogens (tertiary/aromatic N) is 5. The van der Waals surface area contributed by atoms with E-state index in [0.717, 1.165) is 21.6 Å². The SMILES string of the molecule is C=C1CCC(N2C(=O)c3cccc(OCCOCCNC(=O)CN(C)Cc4c(OC)cc(-c5cc(NC(C)=O)c6nnc(C)n6c5)cc4OC)c3C2=O)C(=O)N1. The number of likely N-dealkylation sites (N-methyl/N-ethyl adjacent to an activating group) is 1. The number of pyridine rings is 1. The van der Waals surface area contributed by atoms with E-state index in [1.165, 1.54) is 13.0 Å². The van der Waals surface area contributed by atoms with Crippen molar-refractivity contribution in [3.05, 3.63) is 77.4 Å². The van der Waals surface area contributed by atoms with E-state index >= 15 is 0 Å². The van der Waals surface area contributed by atoms with Gasteiger partial charge in [0.1, 0.15) is 35.7 Å². The van der Waals surface area contributed by atoms with Gasteiger partial charge in [-0.05, 0) is 62.7 Å². The molecule has 2 aliphatic heterocycles. The van der Waals surface area contributed by atoms with Gasteiger partial charge < -0.3 is 34.9 Å². The minimum absolute atomic E-state index is 0.0843. The van der Waals surface area contributed by atoms with Crippen LogP contribution in [0.4, 0.5) is 5.69 Å². The van der Waals surface area contributed by atoms with Crippen molar-refractivity contribution in [2.24, 2.45) is 0 Å². The molecule has 2 aliphatic rings. The van der Waals surface area contributed by atoms with E-state index in [-0.39, 0.29) is 61.6 Å². The van der Waals surface area contributed by atoms with Crippen LogP contribution < -0.4 is 30.2 Å². The zero-order valence-corrected chi connectivity index (χ0v) is 31.9. The topological polar surface area (TPSA) is 195 Å². The maximum absolute atomic E-state index is 13.3. The summed E-state index contributed by atoms with van der Waals surface area (Å²) in [4.78, 5) is 66.5. The summed E-state index contributed by atoms with van der Waals surface area (Å²) in [6.45, 7) is 8.14. The van der Waals surface area contributed by atoms with Gasteiger partial charge >= 0.3 is 0 Å². The van der Waals surface area contributed by atoms with Gasteiger partial charge in [0.2, 0.25) is 17.7 Å². The third-order valence-corrected chi connectivity index (χ3v) is 9.36. The summed E-state index contributed by atoms with van der Waals surface area (Å²) in [6, 6.07) is 9.40. The molecule has 0 saturated carbocycles. The second-order valence-electron chi connectivity index (χ2n) is 13.4. The number of benzene rings is 2. The van der Waals surface area contributed by atoms with Crippen LogP contribution in [0.2, 0.25) is 0 Å². The van der Waals surface area contributed by atoms with Gasteiger partial charge in [-0.2, -0.15) is 0 Å². The molecule has 17 nitrogen and oxygen atoms in total. The largest absolute Gasteiger partial charge is 0.496 e. The van der Waals surface area contributed by atoms with E-state index in [1.54, 1.807) is 30.8 Å². The summed E-state index contributed by atoms with van der Waals surface area (Å²) < 4.78 is 24.8. The molecule has 1 unspecified atom stereocenters. The van der Waals surface area contributed by atoms with E-state index in [0.29, 0.717) is 53.7 Å². The average molecular weight is 769 g/mol. The number of hydrogen-bond acceptors (Lipinski definition) is 12. The molecule has 1 saturated heterocycles. The summed E-state index contributed by atoms with van der Waals surface area (Å²) in [5, 5.41) is 16.6.